The van der Waals surface area contributed by atoms with E-state index in [-0.39, 0.29) is 11.5 Å². The van der Waals surface area contributed by atoms with Gasteiger partial charge in [-0.1, -0.05) is 44.4 Å². The maximum atomic E-state index is 12.3. The zero-order valence-electron chi connectivity index (χ0n) is 14.4. The van der Waals surface area contributed by atoms with Crippen LogP contribution >= 0.6 is 0 Å². The number of nitrogens with zero attached hydrogens (tertiary/aromatic N) is 2. The van der Waals surface area contributed by atoms with Crippen molar-refractivity contribution in [3.63, 3.8) is 0 Å². The molecule has 0 radical (unpaired) electrons. The first-order chi connectivity index (χ1) is 11.1. The summed E-state index contributed by atoms with van der Waals surface area (Å²) in [4.78, 5) is 14.4. The highest BCUT2D eigenvalue weighted by molar-refractivity contribution is 6.06. The number of anilines is 1. The van der Waals surface area contributed by atoms with Gasteiger partial charge in [-0.15, -0.1) is 0 Å². The van der Waals surface area contributed by atoms with Crippen molar-refractivity contribution in [2.45, 2.75) is 46.5 Å². The van der Waals surface area contributed by atoms with Gasteiger partial charge in [-0.2, -0.15) is 5.26 Å². The molecular formula is C19H27N3O. The average molecular weight is 313 g/mol. The standard InChI is InChI=1S/C19H27N3O/c1-4-6-12-22(13-7-5-2)15-17(14-20)19(23)21-18-10-8-16(3)9-11-18/h8-11,15H,4-7,12-13H2,1-3H3,(H,21,23)/b17-15-. The number of rotatable bonds is 9. The lowest BCUT2D eigenvalue weighted by Gasteiger charge is -2.20. The average Bonchev–Trinajstić information content (AvgIpc) is 2.56. The zero-order chi connectivity index (χ0) is 17.1. The van der Waals surface area contributed by atoms with E-state index in [9.17, 15) is 10.1 Å². The van der Waals surface area contributed by atoms with Crippen LogP contribution in [-0.2, 0) is 4.79 Å². The summed E-state index contributed by atoms with van der Waals surface area (Å²) in [6, 6.07) is 9.57. The minimum absolute atomic E-state index is 0.151. The molecule has 0 unspecified atom stereocenters. The van der Waals surface area contributed by atoms with Crippen LogP contribution < -0.4 is 5.32 Å². The number of aryl methyl sites for hydroxylation is 1. The van der Waals surface area contributed by atoms with Gasteiger partial charge >= 0.3 is 0 Å². The largest absolute Gasteiger partial charge is 0.376 e. The molecule has 0 aliphatic carbocycles. The van der Waals surface area contributed by atoms with Crippen molar-refractivity contribution < 1.29 is 4.79 Å². The Kier molecular flexibility index (Phi) is 8.52. The Bertz CT molecular complexity index is 547. The molecular weight excluding hydrogens is 286 g/mol. The van der Waals surface area contributed by atoms with Gasteiger partial charge < -0.3 is 10.2 Å². The fourth-order valence-corrected chi connectivity index (χ4v) is 2.12. The molecule has 0 fully saturated rings. The highest BCUT2D eigenvalue weighted by Gasteiger charge is 2.11. The lowest BCUT2D eigenvalue weighted by atomic mass is 10.2. The molecule has 4 nitrogen and oxygen atoms in total. The lowest BCUT2D eigenvalue weighted by Crippen LogP contribution is -2.23. The smallest absolute Gasteiger partial charge is 0.267 e. The maximum Gasteiger partial charge on any atom is 0.267 e. The first-order valence-corrected chi connectivity index (χ1v) is 8.34. The van der Waals surface area contributed by atoms with E-state index in [1.807, 2.05) is 37.3 Å². The summed E-state index contributed by atoms with van der Waals surface area (Å²) in [6.45, 7) is 8.01. The topological polar surface area (TPSA) is 56.1 Å². The van der Waals surface area contributed by atoms with Crippen molar-refractivity contribution in [3.8, 4) is 6.07 Å². The number of amides is 1. The summed E-state index contributed by atoms with van der Waals surface area (Å²) in [6.07, 6.45) is 5.99. The molecule has 0 saturated carbocycles. The second-order valence-electron chi connectivity index (χ2n) is 5.72. The van der Waals surface area contributed by atoms with Gasteiger partial charge in [0.1, 0.15) is 11.6 Å². The first kappa shape index (κ1) is 18.8. The molecule has 0 aromatic heterocycles. The lowest BCUT2D eigenvalue weighted by molar-refractivity contribution is -0.112. The van der Waals surface area contributed by atoms with Crippen LogP contribution in [0, 0.1) is 18.3 Å². The summed E-state index contributed by atoms with van der Waals surface area (Å²) in [7, 11) is 0. The molecule has 0 spiro atoms. The van der Waals surface area contributed by atoms with Gasteiger partial charge in [0.25, 0.3) is 5.91 Å². The molecule has 0 aliphatic heterocycles. The number of nitrogens with one attached hydrogen (secondary N) is 1. The van der Waals surface area contributed by atoms with Crippen LogP contribution in [0.25, 0.3) is 0 Å². The monoisotopic (exact) mass is 313 g/mol. The summed E-state index contributed by atoms with van der Waals surface area (Å²) < 4.78 is 0. The summed E-state index contributed by atoms with van der Waals surface area (Å²) in [5.74, 6) is -0.352. The Hall–Kier alpha value is -2.28. The van der Waals surface area contributed by atoms with Crippen LogP contribution in [0.15, 0.2) is 36.0 Å². The number of unbranched alkanes of at least 4 members (excludes halogenated alkanes) is 2. The van der Waals surface area contributed by atoms with Crippen molar-refractivity contribution in [1.82, 2.24) is 4.90 Å². The van der Waals surface area contributed by atoms with Gasteiger partial charge in [-0.05, 0) is 31.9 Å². The van der Waals surface area contributed by atoms with Crippen LogP contribution in [0.1, 0.15) is 45.1 Å². The number of nitriles is 1. The summed E-state index contributed by atoms with van der Waals surface area (Å²) in [5.41, 5.74) is 1.98. The fourth-order valence-electron chi connectivity index (χ4n) is 2.12. The Labute approximate surface area is 139 Å². The van der Waals surface area contributed by atoms with Crippen LogP contribution in [-0.4, -0.2) is 23.9 Å². The Morgan fingerprint density at radius 3 is 2.22 bits per heavy atom. The number of hydrogen-bond donors (Lipinski definition) is 1. The Morgan fingerprint density at radius 1 is 1.17 bits per heavy atom. The van der Waals surface area contributed by atoms with Gasteiger partial charge in [0.15, 0.2) is 0 Å². The van der Waals surface area contributed by atoms with E-state index in [2.05, 4.69) is 24.1 Å². The molecule has 0 heterocycles. The third-order valence-corrected chi connectivity index (χ3v) is 3.58. The molecule has 0 bridgehead atoms. The van der Waals surface area contributed by atoms with E-state index in [1.165, 1.54) is 0 Å². The number of carbonyl (C=O) groups is 1. The summed E-state index contributed by atoms with van der Waals surface area (Å²) >= 11 is 0. The van der Waals surface area contributed by atoms with Crippen molar-refractivity contribution in [2.24, 2.45) is 0 Å². The SMILES string of the molecule is CCCCN(/C=C(/C#N)C(=O)Nc1ccc(C)cc1)CCCC. The maximum absolute atomic E-state index is 12.3. The van der Waals surface area contributed by atoms with Crippen molar-refractivity contribution in [2.75, 3.05) is 18.4 Å². The minimum Gasteiger partial charge on any atom is -0.376 e. The molecule has 1 aromatic rings. The van der Waals surface area contributed by atoms with Crippen molar-refractivity contribution in [3.05, 3.63) is 41.6 Å². The number of benzene rings is 1. The Morgan fingerprint density at radius 2 is 1.74 bits per heavy atom. The van der Waals surface area contributed by atoms with Gasteiger partial charge in [0, 0.05) is 25.0 Å². The molecule has 1 N–H and O–H groups in total. The Balaban J connectivity index is 2.78. The van der Waals surface area contributed by atoms with Crippen LogP contribution in [0.2, 0.25) is 0 Å². The van der Waals surface area contributed by atoms with E-state index < -0.39 is 0 Å². The predicted octanol–water partition coefficient (Wildman–Crippen LogP) is 4.24. The first-order valence-electron chi connectivity index (χ1n) is 8.34. The van der Waals surface area contributed by atoms with E-state index in [0.29, 0.717) is 5.69 Å². The predicted molar refractivity (Wildman–Crippen MR) is 94.9 cm³/mol. The third kappa shape index (κ3) is 7.01. The number of hydrogen-bond acceptors (Lipinski definition) is 3. The molecule has 0 aliphatic rings. The second-order valence-corrected chi connectivity index (χ2v) is 5.72. The highest BCUT2D eigenvalue weighted by Crippen LogP contribution is 2.11. The normalized spacial score (nSPS) is 11.0. The molecule has 23 heavy (non-hydrogen) atoms. The van der Waals surface area contributed by atoms with Gasteiger partial charge in [0.05, 0.1) is 0 Å². The third-order valence-electron chi connectivity index (χ3n) is 3.58. The fraction of sp³-hybridized carbons (Fsp3) is 0.474. The minimum atomic E-state index is -0.352. The zero-order valence-corrected chi connectivity index (χ0v) is 14.4. The van der Waals surface area contributed by atoms with E-state index in [4.69, 9.17) is 0 Å². The molecule has 1 rings (SSSR count). The molecule has 4 heteroatoms. The molecule has 0 saturated heterocycles. The van der Waals surface area contributed by atoms with Gasteiger partial charge in [-0.25, -0.2) is 0 Å². The molecule has 124 valence electrons. The highest BCUT2D eigenvalue weighted by atomic mass is 16.1. The molecule has 0 atom stereocenters. The molecule has 1 aromatic carbocycles. The quantitative estimate of drug-likeness (QED) is 0.548. The van der Waals surface area contributed by atoms with E-state index in [0.717, 1.165) is 44.3 Å². The van der Waals surface area contributed by atoms with Crippen molar-refractivity contribution >= 4 is 11.6 Å². The van der Waals surface area contributed by atoms with Gasteiger partial charge in [-0.3, -0.25) is 4.79 Å². The van der Waals surface area contributed by atoms with E-state index in [1.54, 1.807) is 6.20 Å². The number of carbonyl (C=O) groups excluding carboxylic acids is 1. The van der Waals surface area contributed by atoms with Crippen LogP contribution in [0.3, 0.4) is 0 Å². The molecule has 1 amide bonds. The second kappa shape index (κ2) is 10.4. The van der Waals surface area contributed by atoms with E-state index >= 15 is 0 Å². The van der Waals surface area contributed by atoms with Crippen LogP contribution in [0.5, 0.6) is 0 Å². The summed E-state index contributed by atoms with van der Waals surface area (Å²) in [5, 5.41) is 12.1. The van der Waals surface area contributed by atoms with Crippen molar-refractivity contribution in [1.29, 1.82) is 5.26 Å². The van der Waals surface area contributed by atoms with Gasteiger partial charge in [0.2, 0.25) is 0 Å². The van der Waals surface area contributed by atoms with Crippen LogP contribution in [0.4, 0.5) is 5.69 Å².